The lowest BCUT2D eigenvalue weighted by molar-refractivity contribution is 0.0358. The van der Waals surface area contributed by atoms with Gasteiger partial charge in [0.1, 0.15) is 18.0 Å². The van der Waals surface area contributed by atoms with Crippen molar-refractivity contribution in [3.8, 4) is 5.69 Å². The Morgan fingerprint density at radius 1 is 1.35 bits per heavy atom. The lowest BCUT2D eigenvalue weighted by Gasteiger charge is -2.32. The van der Waals surface area contributed by atoms with Gasteiger partial charge in [0, 0.05) is 11.8 Å². The van der Waals surface area contributed by atoms with Crippen molar-refractivity contribution >= 4 is 22.1 Å². The maximum absolute atomic E-state index is 12.6. The first-order chi connectivity index (χ1) is 11.1. The molecule has 4 rings (SSSR count). The minimum atomic E-state index is -0.159. The van der Waals surface area contributed by atoms with Crippen molar-refractivity contribution in [1.29, 1.82) is 0 Å². The van der Waals surface area contributed by atoms with Gasteiger partial charge in [-0.05, 0) is 35.0 Å². The number of dihydropyridines is 1. The molecule has 4 heterocycles. The minimum absolute atomic E-state index is 0.0976. The van der Waals surface area contributed by atoms with Crippen molar-refractivity contribution in [3.05, 3.63) is 62.5 Å². The molecular formula is C16H13BrN4O2. The van der Waals surface area contributed by atoms with E-state index < -0.39 is 0 Å². The lowest BCUT2D eigenvalue weighted by atomic mass is 9.95. The molecule has 0 fully saturated rings. The maximum Gasteiger partial charge on any atom is 0.269 e. The van der Waals surface area contributed by atoms with Gasteiger partial charge in [-0.25, -0.2) is 9.97 Å². The zero-order valence-corrected chi connectivity index (χ0v) is 13.9. The summed E-state index contributed by atoms with van der Waals surface area (Å²) in [5, 5.41) is 0. The second-order valence-electron chi connectivity index (χ2n) is 5.43. The zero-order chi connectivity index (χ0) is 16.0. The third-order valence-electron chi connectivity index (χ3n) is 3.99. The number of nitrogens with zero attached hydrogens (tertiary/aromatic N) is 4. The number of hydrogen-bond donors (Lipinski definition) is 0. The van der Waals surface area contributed by atoms with Crippen LogP contribution in [0.1, 0.15) is 23.1 Å². The fraction of sp³-hybridized carbons (Fsp3) is 0.250. The van der Waals surface area contributed by atoms with Crippen LogP contribution in [0.2, 0.25) is 0 Å². The molecule has 0 bridgehead atoms. The van der Waals surface area contributed by atoms with E-state index in [0.29, 0.717) is 22.6 Å². The molecule has 2 aromatic heterocycles. The molecular weight excluding hydrogens is 360 g/mol. The first-order valence-corrected chi connectivity index (χ1v) is 7.99. The Bertz CT molecular complexity index is 886. The molecule has 2 aliphatic heterocycles. The fourth-order valence-electron chi connectivity index (χ4n) is 2.89. The van der Waals surface area contributed by atoms with E-state index in [9.17, 15) is 4.79 Å². The molecule has 2 aliphatic rings. The van der Waals surface area contributed by atoms with Crippen molar-refractivity contribution < 1.29 is 4.74 Å². The molecule has 0 saturated heterocycles. The molecule has 0 amide bonds. The first kappa shape index (κ1) is 14.5. The molecule has 23 heavy (non-hydrogen) atoms. The molecule has 2 aromatic rings. The third kappa shape index (κ3) is 2.36. The van der Waals surface area contributed by atoms with Crippen molar-refractivity contribution in [2.45, 2.75) is 25.7 Å². The average Bonchev–Trinajstić information content (AvgIpc) is 2.57. The van der Waals surface area contributed by atoms with E-state index in [1.54, 1.807) is 30.1 Å². The summed E-state index contributed by atoms with van der Waals surface area (Å²) in [6.45, 7) is 2.15. The Morgan fingerprint density at radius 3 is 2.91 bits per heavy atom. The Hall–Kier alpha value is -2.12. The number of rotatable bonds is 1. The number of aromatic nitrogens is 3. The highest BCUT2D eigenvalue weighted by Crippen LogP contribution is 2.35. The van der Waals surface area contributed by atoms with E-state index in [-0.39, 0.29) is 17.7 Å². The summed E-state index contributed by atoms with van der Waals surface area (Å²) in [7, 11) is 0. The lowest BCUT2D eigenvalue weighted by Crippen LogP contribution is -2.33. The van der Waals surface area contributed by atoms with Gasteiger partial charge < -0.3 is 4.74 Å². The minimum Gasteiger partial charge on any atom is -0.365 e. The zero-order valence-electron chi connectivity index (χ0n) is 12.3. The Morgan fingerprint density at radius 2 is 2.13 bits per heavy atom. The summed E-state index contributed by atoms with van der Waals surface area (Å²) in [5.74, 6) is 0.656. The first-order valence-electron chi connectivity index (χ1n) is 7.20. The molecule has 2 atom stereocenters. The van der Waals surface area contributed by atoms with E-state index in [0.717, 1.165) is 11.3 Å². The number of fused-ring (bicyclic) bond motifs is 3. The normalized spacial score (nSPS) is 21.8. The summed E-state index contributed by atoms with van der Waals surface area (Å²) in [4.78, 5) is 25.5. The molecule has 0 spiro atoms. The largest absolute Gasteiger partial charge is 0.365 e. The van der Waals surface area contributed by atoms with Crippen molar-refractivity contribution in [1.82, 2.24) is 14.5 Å². The van der Waals surface area contributed by atoms with Gasteiger partial charge in [-0.1, -0.05) is 6.08 Å². The van der Waals surface area contributed by atoms with Gasteiger partial charge in [0.25, 0.3) is 5.56 Å². The predicted molar refractivity (Wildman–Crippen MR) is 89.0 cm³/mol. The Kier molecular flexibility index (Phi) is 3.46. The van der Waals surface area contributed by atoms with Gasteiger partial charge in [-0.3, -0.25) is 14.4 Å². The monoisotopic (exact) mass is 372 g/mol. The van der Waals surface area contributed by atoms with E-state index in [4.69, 9.17) is 4.74 Å². The van der Waals surface area contributed by atoms with Crippen LogP contribution < -0.4 is 5.56 Å². The summed E-state index contributed by atoms with van der Waals surface area (Å²) in [6.07, 6.45) is 8.82. The van der Waals surface area contributed by atoms with E-state index in [1.165, 1.54) is 0 Å². The van der Waals surface area contributed by atoms with Gasteiger partial charge in [-0.15, -0.1) is 0 Å². The van der Waals surface area contributed by atoms with Gasteiger partial charge in [-0.2, -0.15) is 0 Å². The average molecular weight is 373 g/mol. The van der Waals surface area contributed by atoms with Crippen LogP contribution in [0.3, 0.4) is 0 Å². The number of pyridine rings is 1. The van der Waals surface area contributed by atoms with E-state index in [1.807, 2.05) is 18.2 Å². The Balaban J connectivity index is 1.95. The van der Waals surface area contributed by atoms with Crippen LogP contribution in [0.5, 0.6) is 0 Å². The molecule has 6 nitrogen and oxygen atoms in total. The van der Waals surface area contributed by atoms with Crippen LogP contribution in [-0.2, 0) is 11.3 Å². The summed E-state index contributed by atoms with van der Waals surface area (Å²) in [6, 6.07) is 1.71. The standard InChI is InChI=1S/C16H13BrN4O2/c1-9-19-6-10(7-20-9)21-13-8-23-14-3-2-4-18-15(14)11(13)5-12(17)16(21)22/h2-7,14-15H,8H2,1H3. The van der Waals surface area contributed by atoms with Crippen LogP contribution in [-0.4, -0.2) is 26.9 Å². The highest BCUT2D eigenvalue weighted by atomic mass is 79.9. The molecule has 2 unspecified atom stereocenters. The third-order valence-corrected chi connectivity index (χ3v) is 4.56. The number of halogens is 1. The van der Waals surface area contributed by atoms with Gasteiger partial charge in [0.2, 0.25) is 0 Å². The van der Waals surface area contributed by atoms with Crippen LogP contribution in [0.25, 0.3) is 5.69 Å². The topological polar surface area (TPSA) is 69.4 Å². The molecule has 0 aromatic carbocycles. The van der Waals surface area contributed by atoms with Gasteiger partial charge >= 0.3 is 0 Å². The van der Waals surface area contributed by atoms with Crippen LogP contribution in [0, 0.1) is 6.92 Å². The number of hydrogen-bond acceptors (Lipinski definition) is 5. The Labute approximate surface area is 140 Å². The number of ether oxygens (including phenoxy) is 1. The predicted octanol–water partition coefficient (Wildman–Crippen LogP) is 2.28. The van der Waals surface area contributed by atoms with Gasteiger partial charge in [0.05, 0.1) is 34.9 Å². The summed E-state index contributed by atoms with van der Waals surface area (Å²) >= 11 is 3.37. The van der Waals surface area contributed by atoms with Crippen LogP contribution >= 0.6 is 15.9 Å². The summed E-state index contributed by atoms with van der Waals surface area (Å²) < 4.78 is 7.96. The quantitative estimate of drug-likeness (QED) is 0.769. The fourth-order valence-corrected chi connectivity index (χ4v) is 3.31. The molecule has 0 aliphatic carbocycles. The molecule has 0 radical (unpaired) electrons. The highest BCUT2D eigenvalue weighted by Gasteiger charge is 2.32. The van der Waals surface area contributed by atoms with Crippen molar-refractivity contribution in [3.63, 3.8) is 0 Å². The maximum atomic E-state index is 12.6. The molecule has 116 valence electrons. The smallest absolute Gasteiger partial charge is 0.269 e. The molecule has 0 N–H and O–H groups in total. The van der Waals surface area contributed by atoms with Crippen molar-refractivity contribution in [2.75, 3.05) is 0 Å². The number of aliphatic imine (C=N–C) groups is 1. The molecule has 0 saturated carbocycles. The highest BCUT2D eigenvalue weighted by molar-refractivity contribution is 9.10. The number of aryl methyl sites for hydroxylation is 1. The van der Waals surface area contributed by atoms with E-state index >= 15 is 0 Å². The van der Waals surface area contributed by atoms with Crippen LogP contribution in [0.4, 0.5) is 0 Å². The second kappa shape index (κ2) is 5.50. The second-order valence-corrected chi connectivity index (χ2v) is 6.28. The summed E-state index contributed by atoms with van der Waals surface area (Å²) in [5.41, 5.74) is 2.23. The molecule has 7 heteroatoms. The van der Waals surface area contributed by atoms with Gasteiger partial charge in [0.15, 0.2) is 0 Å². The van der Waals surface area contributed by atoms with Crippen molar-refractivity contribution in [2.24, 2.45) is 4.99 Å². The number of allylic oxidation sites excluding steroid dienone is 1. The SMILES string of the molecule is Cc1ncc(-n2c3c(cc(Br)c2=O)C2N=CC=CC2OC3)cn1. The van der Waals surface area contributed by atoms with E-state index in [2.05, 4.69) is 30.9 Å². The van der Waals surface area contributed by atoms with Crippen LogP contribution in [0.15, 0.2) is 44.9 Å².